The van der Waals surface area contributed by atoms with Gasteiger partial charge in [-0.2, -0.15) is 5.10 Å². The van der Waals surface area contributed by atoms with Crippen molar-refractivity contribution in [3.05, 3.63) is 63.7 Å². The zero-order chi connectivity index (χ0) is 21.0. The van der Waals surface area contributed by atoms with E-state index in [1.54, 1.807) is 25.1 Å². The molecule has 0 saturated carbocycles. The van der Waals surface area contributed by atoms with Crippen LogP contribution in [0.5, 0.6) is 0 Å². The maximum atomic E-state index is 13.0. The minimum absolute atomic E-state index is 0.0132. The van der Waals surface area contributed by atoms with Gasteiger partial charge in [-0.15, -0.1) is 16.4 Å². The number of aromatic nitrogens is 4. The van der Waals surface area contributed by atoms with Crippen LogP contribution < -0.4 is 15.8 Å². The standard InChI is InChI=1S/C19H12N6O4S/c1-9-7-13(26)24(12-3-2-5-21-23-12)8-11(9)25-10-4-6-20-17-14(10)15(22-19(25)29)16(30-17)18(27)28/h2-8H,1H3,(H,22,29)(H,27,28). The molecule has 1 aliphatic rings. The van der Waals surface area contributed by atoms with Crippen LogP contribution in [-0.2, 0) is 0 Å². The zero-order valence-corrected chi connectivity index (χ0v) is 16.2. The van der Waals surface area contributed by atoms with Gasteiger partial charge in [0.2, 0.25) is 0 Å². The third kappa shape index (κ3) is 2.56. The minimum atomic E-state index is -1.14. The van der Waals surface area contributed by atoms with Crippen molar-refractivity contribution in [1.29, 1.82) is 0 Å². The summed E-state index contributed by atoms with van der Waals surface area (Å²) in [5, 5.41) is 20.4. The van der Waals surface area contributed by atoms with Gasteiger partial charge < -0.3 is 10.4 Å². The fraction of sp³-hybridized carbons (Fsp3) is 0.0526. The molecule has 2 N–H and O–H groups in total. The monoisotopic (exact) mass is 420 g/mol. The molecule has 0 fully saturated rings. The Balaban J connectivity index is 1.76. The van der Waals surface area contributed by atoms with Crippen molar-refractivity contribution >= 4 is 50.6 Å². The fourth-order valence-corrected chi connectivity index (χ4v) is 4.38. The smallest absolute Gasteiger partial charge is 0.348 e. The van der Waals surface area contributed by atoms with E-state index < -0.39 is 12.0 Å². The van der Waals surface area contributed by atoms with Gasteiger partial charge in [0.1, 0.15) is 9.71 Å². The first-order valence-electron chi connectivity index (χ1n) is 8.73. The van der Waals surface area contributed by atoms with Gasteiger partial charge in [0, 0.05) is 24.7 Å². The van der Waals surface area contributed by atoms with Crippen LogP contribution in [0.25, 0.3) is 16.0 Å². The number of aryl methyl sites for hydroxylation is 1. The summed E-state index contributed by atoms with van der Waals surface area (Å²) in [4.78, 5) is 43.3. The number of urea groups is 1. The Morgan fingerprint density at radius 2 is 2.03 bits per heavy atom. The quantitative estimate of drug-likeness (QED) is 0.521. The molecular weight excluding hydrogens is 408 g/mol. The molecule has 30 heavy (non-hydrogen) atoms. The van der Waals surface area contributed by atoms with Crippen molar-refractivity contribution in [3.63, 3.8) is 0 Å². The van der Waals surface area contributed by atoms with Crippen molar-refractivity contribution in [2.24, 2.45) is 0 Å². The predicted molar refractivity (Wildman–Crippen MR) is 110 cm³/mol. The van der Waals surface area contributed by atoms with Gasteiger partial charge >= 0.3 is 12.0 Å². The van der Waals surface area contributed by atoms with Gasteiger partial charge in [-0.25, -0.2) is 14.6 Å². The molecule has 148 valence electrons. The number of nitrogens with one attached hydrogen (secondary N) is 1. The first-order valence-corrected chi connectivity index (χ1v) is 9.54. The van der Waals surface area contributed by atoms with Crippen LogP contribution in [0, 0.1) is 6.92 Å². The van der Waals surface area contributed by atoms with Crippen molar-refractivity contribution in [2.45, 2.75) is 6.92 Å². The topological polar surface area (TPSA) is 130 Å². The van der Waals surface area contributed by atoms with E-state index in [-0.39, 0.29) is 16.1 Å². The van der Waals surface area contributed by atoms with E-state index in [1.807, 2.05) is 0 Å². The highest BCUT2D eigenvalue weighted by atomic mass is 32.1. The highest BCUT2D eigenvalue weighted by Crippen LogP contribution is 2.45. The Morgan fingerprint density at radius 3 is 2.77 bits per heavy atom. The second kappa shape index (κ2) is 6.46. The van der Waals surface area contributed by atoms with Crippen molar-refractivity contribution < 1.29 is 14.7 Å². The van der Waals surface area contributed by atoms with Crippen LogP contribution in [0.4, 0.5) is 21.9 Å². The molecule has 0 radical (unpaired) electrons. The number of carboxylic acid groups (broad SMARTS) is 1. The van der Waals surface area contributed by atoms with Crippen LogP contribution in [0.2, 0.25) is 0 Å². The molecule has 5 heterocycles. The molecule has 0 unspecified atom stereocenters. The number of carbonyl (C=O) groups is 2. The number of rotatable bonds is 3. The summed E-state index contributed by atoms with van der Waals surface area (Å²) in [6.07, 6.45) is 4.53. The lowest BCUT2D eigenvalue weighted by atomic mass is 10.1. The highest BCUT2D eigenvalue weighted by molar-refractivity contribution is 7.21. The molecule has 10 nitrogen and oxygen atoms in total. The minimum Gasteiger partial charge on any atom is -0.477 e. The molecule has 5 rings (SSSR count). The second-order valence-electron chi connectivity index (χ2n) is 6.52. The van der Waals surface area contributed by atoms with E-state index in [1.165, 1.54) is 34.1 Å². The number of carboxylic acids is 1. The lowest BCUT2D eigenvalue weighted by molar-refractivity contribution is 0.0703. The Morgan fingerprint density at radius 1 is 1.20 bits per heavy atom. The normalized spacial score (nSPS) is 12.8. The van der Waals surface area contributed by atoms with E-state index in [0.717, 1.165) is 11.3 Å². The zero-order valence-electron chi connectivity index (χ0n) is 15.4. The summed E-state index contributed by atoms with van der Waals surface area (Å²) in [6.45, 7) is 1.72. The average molecular weight is 420 g/mol. The molecule has 0 saturated heterocycles. The van der Waals surface area contributed by atoms with Gasteiger partial charge in [-0.1, -0.05) is 0 Å². The van der Waals surface area contributed by atoms with Crippen LogP contribution in [0.3, 0.4) is 0 Å². The Bertz CT molecular complexity index is 1410. The summed E-state index contributed by atoms with van der Waals surface area (Å²) >= 11 is 0.991. The largest absolute Gasteiger partial charge is 0.477 e. The highest BCUT2D eigenvalue weighted by Gasteiger charge is 2.33. The molecule has 1 aliphatic heterocycles. The molecule has 0 aromatic carbocycles. The molecular formula is C19H12N6O4S. The lowest BCUT2D eigenvalue weighted by Gasteiger charge is -2.29. The molecule has 4 aromatic rings. The van der Waals surface area contributed by atoms with Crippen molar-refractivity contribution in [3.8, 4) is 5.82 Å². The van der Waals surface area contributed by atoms with E-state index >= 15 is 0 Å². The molecule has 0 spiro atoms. The SMILES string of the molecule is Cc1cc(=O)n(-c2cccnn2)cc1N1C(=O)Nc2c(C(=O)O)sc3nccc1c23. The summed E-state index contributed by atoms with van der Waals surface area (Å²) in [5.74, 6) is -0.828. The summed E-state index contributed by atoms with van der Waals surface area (Å²) in [7, 11) is 0. The fourth-order valence-electron chi connectivity index (χ4n) is 3.43. The third-order valence-corrected chi connectivity index (χ3v) is 5.80. The number of hydrogen-bond donors (Lipinski definition) is 2. The van der Waals surface area contributed by atoms with Crippen molar-refractivity contribution in [1.82, 2.24) is 19.7 Å². The first-order chi connectivity index (χ1) is 14.5. The Hall–Kier alpha value is -4.12. The molecule has 4 aromatic heterocycles. The van der Waals surface area contributed by atoms with Gasteiger partial charge in [0.15, 0.2) is 5.82 Å². The molecule has 11 heteroatoms. The number of anilines is 3. The maximum Gasteiger partial charge on any atom is 0.348 e. The number of hydrogen-bond acceptors (Lipinski definition) is 7. The van der Waals surface area contributed by atoms with E-state index in [0.29, 0.717) is 33.0 Å². The van der Waals surface area contributed by atoms with Crippen molar-refractivity contribution in [2.75, 3.05) is 10.2 Å². The van der Waals surface area contributed by atoms with Crippen LogP contribution in [0.15, 0.2) is 47.7 Å². The Kier molecular flexibility index (Phi) is 3.86. The lowest BCUT2D eigenvalue weighted by Crippen LogP contribution is -2.35. The first kappa shape index (κ1) is 17.9. The number of pyridine rings is 2. The maximum absolute atomic E-state index is 13.0. The van der Waals surface area contributed by atoms with Crippen LogP contribution in [-0.4, -0.2) is 36.9 Å². The van der Waals surface area contributed by atoms with Gasteiger partial charge in [-0.3, -0.25) is 14.3 Å². The molecule has 0 atom stereocenters. The summed E-state index contributed by atoms with van der Waals surface area (Å²) in [6, 6.07) is 5.79. The number of nitrogens with zero attached hydrogens (tertiary/aromatic N) is 5. The summed E-state index contributed by atoms with van der Waals surface area (Å²) < 4.78 is 1.30. The van der Waals surface area contributed by atoms with Gasteiger partial charge in [0.25, 0.3) is 5.56 Å². The predicted octanol–water partition coefficient (Wildman–Crippen LogP) is 2.93. The van der Waals surface area contributed by atoms with E-state index in [4.69, 9.17) is 0 Å². The van der Waals surface area contributed by atoms with E-state index in [2.05, 4.69) is 20.5 Å². The van der Waals surface area contributed by atoms with Crippen LogP contribution >= 0.6 is 11.3 Å². The second-order valence-corrected chi connectivity index (χ2v) is 7.52. The molecule has 2 amide bonds. The Labute approximate surface area is 172 Å². The average Bonchev–Trinajstić information content (AvgIpc) is 3.10. The number of amides is 2. The van der Waals surface area contributed by atoms with E-state index in [9.17, 15) is 19.5 Å². The number of aromatic carboxylic acids is 1. The number of carbonyl (C=O) groups excluding carboxylic acids is 1. The van der Waals surface area contributed by atoms with Gasteiger partial charge in [0.05, 0.1) is 22.4 Å². The van der Waals surface area contributed by atoms with Crippen LogP contribution in [0.1, 0.15) is 15.2 Å². The third-order valence-electron chi connectivity index (χ3n) is 4.72. The molecule has 0 aliphatic carbocycles. The van der Waals surface area contributed by atoms with Gasteiger partial charge in [-0.05, 0) is 30.7 Å². The molecule has 0 bridgehead atoms. The number of thiophene rings is 1. The summed E-state index contributed by atoms with van der Waals surface area (Å²) in [5.41, 5.74) is 1.40.